The number of fused-ring (bicyclic) bond motifs is 1. The summed E-state index contributed by atoms with van der Waals surface area (Å²) in [6.07, 6.45) is 3.55. The highest BCUT2D eigenvalue weighted by Gasteiger charge is 2.29. The Morgan fingerprint density at radius 2 is 1.35 bits per heavy atom. The van der Waals surface area contributed by atoms with Gasteiger partial charge in [0.25, 0.3) is 0 Å². The fourth-order valence-corrected chi connectivity index (χ4v) is 2.50. The molecule has 0 amide bonds. The first-order chi connectivity index (χ1) is 9.58. The molecule has 0 fully saturated rings. The van der Waals surface area contributed by atoms with Crippen LogP contribution in [0.3, 0.4) is 0 Å². The van der Waals surface area contributed by atoms with E-state index < -0.39 is 0 Å². The Morgan fingerprint density at radius 3 is 1.85 bits per heavy atom. The topological polar surface area (TPSA) is 39.1 Å². The highest BCUT2D eigenvalue weighted by Crippen LogP contribution is 2.26. The number of carbonyl (C=O) groups excluding carboxylic acids is 2. The van der Waals surface area contributed by atoms with Gasteiger partial charge in [0.1, 0.15) is 0 Å². The van der Waals surface area contributed by atoms with E-state index in [2.05, 4.69) is 0 Å². The standard InChI is InChI=1S/C17H15NO2/c1-11-12(2)17(20)15-10-18(9-14(15)16(11)19)8-13-6-4-3-5-7-13/h3-7,9-10H,8H2,1-2H3. The van der Waals surface area contributed by atoms with Crippen LogP contribution in [0.15, 0.2) is 53.9 Å². The van der Waals surface area contributed by atoms with Crippen molar-refractivity contribution in [2.75, 3.05) is 0 Å². The van der Waals surface area contributed by atoms with Crippen LogP contribution in [0.4, 0.5) is 0 Å². The summed E-state index contributed by atoms with van der Waals surface area (Å²) in [5, 5.41) is 0. The first kappa shape index (κ1) is 12.6. The van der Waals surface area contributed by atoms with Crippen molar-refractivity contribution in [3.8, 4) is 0 Å². The Kier molecular flexibility index (Phi) is 2.90. The maximum Gasteiger partial charge on any atom is 0.191 e. The molecule has 0 N–H and O–H groups in total. The third kappa shape index (κ3) is 1.92. The molecule has 0 bridgehead atoms. The van der Waals surface area contributed by atoms with Crippen molar-refractivity contribution in [1.29, 1.82) is 0 Å². The molecule has 3 heteroatoms. The number of nitrogens with zero attached hydrogens (tertiary/aromatic N) is 1. The molecule has 2 aromatic rings. The smallest absolute Gasteiger partial charge is 0.191 e. The monoisotopic (exact) mass is 265 g/mol. The molecule has 0 saturated heterocycles. The average molecular weight is 265 g/mol. The molecule has 0 unspecified atom stereocenters. The van der Waals surface area contributed by atoms with Gasteiger partial charge in [0.2, 0.25) is 0 Å². The fourth-order valence-electron chi connectivity index (χ4n) is 2.50. The molecular formula is C17H15NO2. The molecule has 0 aliphatic heterocycles. The first-order valence-electron chi connectivity index (χ1n) is 6.58. The van der Waals surface area contributed by atoms with Crippen LogP contribution in [0.5, 0.6) is 0 Å². The molecule has 3 rings (SSSR count). The van der Waals surface area contributed by atoms with Crippen molar-refractivity contribution in [1.82, 2.24) is 4.57 Å². The number of hydrogen-bond acceptors (Lipinski definition) is 2. The summed E-state index contributed by atoms with van der Waals surface area (Å²) < 4.78 is 1.90. The van der Waals surface area contributed by atoms with Gasteiger partial charge in [-0.3, -0.25) is 9.59 Å². The zero-order valence-corrected chi connectivity index (χ0v) is 11.5. The summed E-state index contributed by atoms with van der Waals surface area (Å²) in [6.45, 7) is 4.09. The van der Waals surface area contributed by atoms with Crippen LogP contribution in [0, 0.1) is 0 Å². The average Bonchev–Trinajstić information content (AvgIpc) is 2.88. The van der Waals surface area contributed by atoms with Crippen molar-refractivity contribution in [3.63, 3.8) is 0 Å². The lowest BCUT2D eigenvalue weighted by Crippen LogP contribution is -2.17. The van der Waals surface area contributed by atoms with Gasteiger partial charge < -0.3 is 4.57 Å². The molecule has 0 radical (unpaired) electrons. The summed E-state index contributed by atoms with van der Waals surface area (Å²) in [4.78, 5) is 24.4. The molecule has 1 heterocycles. The van der Waals surface area contributed by atoms with Gasteiger partial charge in [-0.15, -0.1) is 0 Å². The lowest BCUT2D eigenvalue weighted by atomic mass is 9.88. The van der Waals surface area contributed by atoms with Crippen molar-refractivity contribution < 1.29 is 9.59 Å². The van der Waals surface area contributed by atoms with E-state index >= 15 is 0 Å². The predicted octanol–water partition coefficient (Wildman–Crippen LogP) is 3.25. The number of benzene rings is 1. The minimum Gasteiger partial charge on any atom is -0.348 e. The maximum atomic E-state index is 12.2. The Balaban J connectivity index is 1.99. The van der Waals surface area contributed by atoms with E-state index in [-0.39, 0.29) is 11.6 Å². The molecular weight excluding hydrogens is 250 g/mol. The summed E-state index contributed by atoms with van der Waals surface area (Å²) >= 11 is 0. The molecule has 1 aliphatic carbocycles. The highest BCUT2D eigenvalue weighted by molar-refractivity contribution is 6.26. The fraction of sp³-hybridized carbons (Fsp3) is 0.176. The second-order valence-corrected chi connectivity index (χ2v) is 5.15. The van der Waals surface area contributed by atoms with E-state index in [9.17, 15) is 9.59 Å². The molecule has 3 nitrogen and oxygen atoms in total. The van der Waals surface area contributed by atoms with Gasteiger partial charge in [-0.05, 0) is 19.4 Å². The summed E-state index contributed by atoms with van der Waals surface area (Å²) in [5.74, 6) is -0.0761. The van der Waals surface area contributed by atoms with Gasteiger partial charge >= 0.3 is 0 Å². The van der Waals surface area contributed by atoms with Gasteiger partial charge in [-0.1, -0.05) is 30.3 Å². The van der Waals surface area contributed by atoms with Crippen molar-refractivity contribution in [3.05, 3.63) is 70.6 Å². The van der Waals surface area contributed by atoms with E-state index in [1.807, 2.05) is 34.9 Å². The second kappa shape index (κ2) is 4.60. The molecule has 1 aromatic carbocycles. The van der Waals surface area contributed by atoms with Gasteiger partial charge in [0, 0.05) is 30.1 Å². The number of aromatic nitrogens is 1. The first-order valence-corrected chi connectivity index (χ1v) is 6.58. The van der Waals surface area contributed by atoms with E-state index in [1.54, 1.807) is 26.2 Å². The third-order valence-electron chi connectivity index (χ3n) is 3.82. The van der Waals surface area contributed by atoms with Crippen LogP contribution in [0.2, 0.25) is 0 Å². The molecule has 0 saturated carbocycles. The predicted molar refractivity (Wildman–Crippen MR) is 77.0 cm³/mol. The molecule has 1 aromatic heterocycles. The molecule has 20 heavy (non-hydrogen) atoms. The summed E-state index contributed by atoms with van der Waals surface area (Å²) in [7, 11) is 0. The number of rotatable bonds is 2. The van der Waals surface area contributed by atoms with Crippen LogP contribution in [0.25, 0.3) is 0 Å². The van der Waals surface area contributed by atoms with Crippen LogP contribution in [-0.2, 0) is 6.54 Å². The molecule has 1 aliphatic rings. The van der Waals surface area contributed by atoms with Crippen LogP contribution < -0.4 is 0 Å². The van der Waals surface area contributed by atoms with E-state index in [0.29, 0.717) is 28.8 Å². The van der Waals surface area contributed by atoms with E-state index in [4.69, 9.17) is 0 Å². The molecule has 0 spiro atoms. The SMILES string of the molecule is CC1=C(C)C(=O)c2cn(Cc3ccccc3)cc2C1=O. The van der Waals surface area contributed by atoms with Gasteiger partial charge in [-0.2, -0.15) is 0 Å². The largest absolute Gasteiger partial charge is 0.348 e. The number of ketones is 2. The minimum atomic E-state index is -0.0380. The van der Waals surface area contributed by atoms with E-state index in [1.165, 1.54) is 0 Å². The highest BCUT2D eigenvalue weighted by atomic mass is 16.1. The third-order valence-corrected chi connectivity index (χ3v) is 3.82. The van der Waals surface area contributed by atoms with Crippen LogP contribution in [0.1, 0.15) is 40.1 Å². The summed E-state index contributed by atoms with van der Waals surface area (Å²) in [5.41, 5.74) is 3.30. The molecule has 100 valence electrons. The lowest BCUT2D eigenvalue weighted by molar-refractivity contribution is 0.0976. The maximum absolute atomic E-state index is 12.2. The van der Waals surface area contributed by atoms with Crippen molar-refractivity contribution in [2.45, 2.75) is 20.4 Å². The van der Waals surface area contributed by atoms with Gasteiger partial charge in [0.05, 0.1) is 11.1 Å². The zero-order valence-electron chi connectivity index (χ0n) is 11.5. The Hall–Kier alpha value is -2.42. The second-order valence-electron chi connectivity index (χ2n) is 5.15. The Morgan fingerprint density at radius 1 is 0.850 bits per heavy atom. The summed E-state index contributed by atoms with van der Waals surface area (Å²) in [6, 6.07) is 9.97. The van der Waals surface area contributed by atoms with Crippen LogP contribution >= 0.6 is 0 Å². The Labute approximate surface area is 117 Å². The Bertz CT molecular complexity index is 694. The number of carbonyl (C=O) groups is 2. The van der Waals surface area contributed by atoms with Crippen LogP contribution in [-0.4, -0.2) is 16.1 Å². The molecule has 0 atom stereocenters. The minimum absolute atomic E-state index is 0.0380. The van der Waals surface area contributed by atoms with Gasteiger partial charge in [-0.25, -0.2) is 0 Å². The van der Waals surface area contributed by atoms with E-state index in [0.717, 1.165) is 5.56 Å². The number of hydrogen-bond donors (Lipinski definition) is 0. The number of Topliss-reactive ketones (excluding diaryl/α,β-unsaturated/α-hetero) is 2. The lowest BCUT2D eigenvalue weighted by Gasteiger charge is -2.12. The zero-order chi connectivity index (χ0) is 14.3. The van der Waals surface area contributed by atoms with Crippen molar-refractivity contribution >= 4 is 11.6 Å². The van der Waals surface area contributed by atoms with Crippen molar-refractivity contribution in [2.24, 2.45) is 0 Å². The normalized spacial score (nSPS) is 14.7. The quantitative estimate of drug-likeness (QED) is 0.836. The number of allylic oxidation sites excluding steroid dienone is 2. The van der Waals surface area contributed by atoms with Gasteiger partial charge in [0.15, 0.2) is 11.6 Å².